The van der Waals surface area contributed by atoms with Crippen molar-refractivity contribution in [1.82, 2.24) is 0 Å². The van der Waals surface area contributed by atoms with Crippen LogP contribution in [0.15, 0.2) is 36.4 Å². The smallest absolute Gasteiger partial charge is 0.414 e. The lowest BCUT2D eigenvalue weighted by Crippen LogP contribution is -2.36. The second kappa shape index (κ2) is 11.2. The van der Waals surface area contributed by atoms with Crippen LogP contribution in [0.5, 0.6) is 0 Å². The Morgan fingerprint density at radius 1 is 1.26 bits per heavy atom. The Kier molecular flexibility index (Phi) is 8.43. The van der Waals surface area contributed by atoms with E-state index in [0.717, 1.165) is 24.1 Å². The summed E-state index contributed by atoms with van der Waals surface area (Å²) in [5, 5.41) is 0. The molecule has 1 saturated heterocycles. The number of thiophene rings is 1. The summed E-state index contributed by atoms with van der Waals surface area (Å²) in [6.07, 6.45) is 2.02. The molecule has 168 valence electrons. The lowest BCUT2D eigenvalue weighted by molar-refractivity contribution is 0.0606. The summed E-state index contributed by atoms with van der Waals surface area (Å²) in [6.45, 7) is 2.92. The summed E-state index contributed by atoms with van der Waals surface area (Å²) < 4.78 is 30.0. The summed E-state index contributed by atoms with van der Waals surface area (Å²) in [5.74, 6) is -0.374. The molecule has 2 heterocycles. The molecule has 0 saturated carbocycles. The van der Waals surface area contributed by atoms with Gasteiger partial charge in [0.15, 0.2) is 0 Å². The standard InChI is InChI=1S/C23H28FNO5S/c1-3-4-5-6-20(24)16-7-9-17(10-8-16)25-18(14-30-23(25)27)13-29-15-19-11-12-21(31-19)22(26)28-2/h7-12,18,20H,3-6,13-15H2,1-2H3/t18-,20?/m0/s1. The van der Waals surface area contributed by atoms with Crippen LogP contribution < -0.4 is 4.90 Å². The number of halogens is 1. The van der Waals surface area contributed by atoms with Crippen LogP contribution in [0, 0.1) is 0 Å². The minimum atomic E-state index is -0.995. The Bertz CT molecular complexity index is 869. The number of rotatable bonds is 11. The molecule has 2 atom stereocenters. The maximum absolute atomic E-state index is 14.4. The van der Waals surface area contributed by atoms with Crippen LogP contribution >= 0.6 is 11.3 Å². The van der Waals surface area contributed by atoms with Crippen LogP contribution in [0.3, 0.4) is 0 Å². The minimum Gasteiger partial charge on any atom is -0.465 e. The summed E-state index contributed by atoms with van der Waals surface area (Å²) in [5.41, 5.74) is 1.28. The molecule has 0 bridgehead atoms. The molecular weight excluding hydrogens is 421 g/mol. The Hall–Kier alpha value is -2.45. The molecule has 1 aliphatic rings. The van der Waals surface area contributed by atoms with Gasteiger partial charge in [-0.05, 0) is 36.2 Å². The van der Waals surface area contributed by atoms with E-state index >= 15 is 0 Å². The molecule has 1 fully saturated rings. The molecule has 1 aromatic heterocycles. The maximum atomic E-state index is 14.4. The van der Waals surface area contributed by atoms with Crippen molar-refractivity contribution < 1.29 is 28.2 Å². The third-order valence-electron chi connectivity index (χ3n) is 5.16. The molecule has 0 spiro atoms. The summed E-state index contributed by atoms with van der Waals surface area (Å²) in [6, 6.07) is 10.2. The zero-order valence-corrected chi connectivity index (χ0v) is 18.7. The van der Waals surface area contributed by atoms with Gasteiger partial charge in [0.1, 0.15) is 17.7 Å². The molecule has 1 aromatic carbocycles. The Balaban J connectivity index is 1.55. The zero-order chi connectivity index (χ0) is 22.2. The fourth-order valence-corrected chi connectivity index (χ4v) is 4.31. The number of methoxy groups -OCH3 is 1. The highest BCUT2D eigenvalue weighted by Gasteiger charge is 2.34. The monoisotopic (exact) mass is 449 g/mol. The van der Waals surface area contributed by atoms with E-state index in [1.54, 1.807) is 35.2 Å². The normalized spacial score (nSPS) is 16.9. The van der Waals surface area contributed by atoms with E-state index in [2.05, 4.69) is 6.92 Å². The third kappa shape index (κ3) is 6.04. The van der Waals surface area contributed by atoms with Gasteiger partial charge in [0.05, 0.1) is 26.4 Å². The number of hydrogen-bond donors (Lipinski definition) is 0. The van der Waals surface area contributed by atoms with Gasteiger partial charge in [-0.25, -0.2) is 14.0 Å². The number of unbranched alkanes of at least 4 members (excludes halogenated alkanes) is 2. The number of alkyl halides is 1. The minimum absolute atomic E-state index is 0.223. The topological polar surface area (TPSA) is 65.1 Å². The zero-order valence-electron chi connectivity index (χ0n) is 17.8. The average molecular weight is 450 g/mol. The van der Waals surface area contributed by atoms with Gasteiger partial charge in [-0.2, -0.15) is 0 Å². The molecule has 0 aliphatic carbocycles. The number of benzene rings is 1. The number of hydrogen-bond acceptors (Lipinski definition) is 6. The third-order valence-corrected chi connectivity index (χ3v) is 6.20. The van der Waals surface area contributed by atoms with Crippen LogP contribution in [-0.4, -0.2) is 38.4 Å². The highest BCUT2D eigenvalue weighted by atomic mass is 32.1. The van der Waals surface area contributed by atoms with Crippen molar-refractivity contribution >= 4 is 29.1 Å². The van der Waals surface area contributed by atoms with Crippen molar-refractivity contribution in [2.24, 2.45) is 0 Å². The van der Waals surface area contributed by atoms with E-state index in [4.69, 9.17) is 14.2 Å². The van der Waals surface area contributed by atoms with Gasteiger partial charge < -0.3 is 14.2 Å². The number of cyclic esters (lactones) is 1. The van der Waals surface area contributed by atoms with Gasteiger partial charge in [-0.15, -0.1) is 11.3 Å². The fourth-order valence-electron chi connectivity index (χ4n) is 3.44. The first-order valence-electron chi connectivity index (χ1n) is 10.5. The number of nitrogens with zero attached hydrogens (tertiary/aromatic N) is 1. The van der Waals surface area contributed by atoms with E-state index in [0.29, 0.717) is 29.2 Å². The molecule has 8 heteroatoms. The predicted octanol–water partition coefficient (Wildman–Crippen LogP) is 5.67. The average Bonchev–Trinajstić information content (AvgIpc) is 3.40. The van der Waals surface area contributed by atoms with Crippen LogP contribution in [0.2, 0.25) is 0 Å². The van der Waals surface area contributed by atoms with Crippen LogP contribution in [0.4, 0.5) is 14.9 Å². The summed E-state index contributed by atoms with van der Waals surface area (Å²) >= 11 is 1.31. The Morgan fingerprint density at radius 3 is 2.74 bits per heavy atom. The van der Waals surface area contributed by atoms with E-state index in [1.165, 1.54) is 18.4 Å². The molecule has 31 heavy (non-hydrogen) atoms. The molecule has 3 rings (SSSR count). The lowest BCUT2D eigenvalue weighted by atomic mass is 10.0. The molecule has 0 radical (unpaired) electrons. The molecule has 1 amide bonds. The first kappa shape index (κ1) is 23.2. The highest BCUT2D eigenvalue weighted by Crippen LogP contribution is 2.29. The molecular formula is C23H28FNO5S. The van der Waals surface area contributed by atoms with E-state index in [-0.39, 0.29) is 25.2 Å². The van der Waals surface area contributed by atoms with E-state index in [9.17, 15) is 14.0 Å². The lowest BCUT2D eigenvalue weighted by Gasteiger charge is -2.22. The molecule has 0 N–H and O–H groups in total. The van der Waals surface area contributed by atoms with Gasteiger partial charge in [0.25, 0.3) is 0 Å². The Labute approximate surface area is 185 Å². The number of anilines is 1. The second-order valence-electron chi connectivity index (χ2n) is 7.43. The number of carbonyl (C=O) groups excluding carboxylic acids is 2. The predicted molar refractivity (Wildman–Crippen MR) is 117 cm³/mol. The number of carbonyl (C=O) groups is 2. The first-order chi connectivity index (χ1) is 15.0. The van der Waals surface area contributed by atoms with E-state index in [1.807, 2.05) is 6.07 Å². The van der Waals surface area contributed by atoms with Crippen molar-refractivity contribution in [3.63, 3.8) is 0 Å². The van der Waals surface area contributed by atoms with Gasteiger partial charge >= 0.3 is 12.1 Å². The highest BCUT2D eigenvalue weighted by molar-refractivity contribution is 7.13. The van der Waals surface area contributed by atoms with Crippen molar-refractivity contribution in [3.8, 4) is 0 Å². The van der Waals surface area contributed by atoms with Gasteiger partial charge in [0.2, 0.25) is 0 Å². The number of ether oxygens (including phenoxy) is 3. The quantitative estimate of drug-likeness (QED) is 0.327. The van der Waals surface area contributed by atoms with E-state index < -0.39 is 12.3 Å². The van der Waals surface area contributed by atoms with Gasteiger partial charge in [-0.3, -0.25) is 4.90 Å². The molecule has 2 aromatic rings. The van der Waals surface area contributed by atoms with Crippen LogP contribution in [0.25, 0.3) is 0 Å². The largest absolute Gasteiger partial charge is 0.465 e. The first-order valence-corrected chi connectivity index (χ1v) is 11.3. The number of amides is 1. The van der Waals surface area contributed by atoms with Crippen molar-refractivity contribution in [1.29, 1.82) is 0 Å². The van der Waals surface area contributed by atoms with Gasteiger partial charge in [-0.1, -0.05) is 38.3 Å². The molecule has 1 unspecified atom stereocenters. The second-order valence-corrected chi connectivity index (χ2v) is 8.60. The summed E-state index contributed by atoms with van der Waals surface area (Å²) in [7, 11) is 1.34. The van der Waals surface area contributed by atoms with Gasteiger partial charge in [0, 0.05) is 10.6 Å². The SMILES string of the molecule is CCCCCC(F)c1ccc(N2C(=O)OC[C@@H]2COCc2ccc(C(=O)OC)s2)cc1. The van der Waals surface area contributed by atoms with Crippen molar-refractivity contribution in [2.75, 3.05) is 25.2 Å². The Morgan fingerprint density at radius 2 is 2.03 bits per heavy atom. The van der Waals surface area contributed by atoms with Crippen molar-refractivity contribution in [2.45, 2.75) is 51.4 Å². The van der Waals surface area contributed by atoms with Crippen LogP contribution in [-0.2, 0) is 20.8 Å². The molecule has 6 nitrogen and oxygen atoms in total. The number of esters is 1. The summed E-state index contributed by atoms with van der Waals surface area (Å²) in [4.78, 5) is 26.7. The fraction of sp³-hybridized carbons (Fsp3) is 0.478. The van der Waals surface area contributed by atoms with Crippen LogP contribution in [0.1, 0.15) is 58.9 Å². The van der Waals surface area contributed by atoms with Crippen molar-refractivity contribution in [3.05, 3.63) is 51.7 Å². The maximum Gasteiger partial charge on any atom is 0.414 e. The molecule has 1 aliphatic heterocycles.